The molecule has 1 aliphatic heterocycles. The number of alkyl halides is 3. The largest absolute Gasteiger partial charge is 0.433 e. The van der Waals surface area contributed by atoms with Gasteiger partial charge < -0.3 is 5.32 Å². The number of halogens is 3. The Bertz CT molecular complexity index is 434. The first-order valence-electron chi connectivity index (χ1n) is 5.76. The van der Waals surface area contributed by atoms with Gasteiger partial charge in [-0.15, -0.1) is 0 Å². The molecule has 0 bridgehead atoms. The Morgan fingerprint density at radius 3 is 2.74 bits per heavy atom. The zero-order valence-corrected chi connectivity index (χ0v) is 10.8. The van der Waals surface area contributed by atoms with Gasteiger partial charge in [-0.25, -0.2) is 10.8 Å². The first kappa shape index (κ1) is 14.2. The third-order valence-electron chi connectivity index (χ3n) is 2.66. The number of nitrogens with one attached hydrogen (secondary N) is 2. The third kappa shape index (κ3) is 3.87. The molecule has 0 aliphatic carbocycles. The number of thioether (sulfide) groups is 1. The standard InChI is InChI=1S/C10H14F3N5S/c11-10(12,13)7-4-8(17-9(16-7)18-14)15-6-2-1-3-19-5-6/h4,6H,1-3,5,14H2,(H2,15,16,17,18). The molecule has 1 aromatic rings. The average Bonchev–Trinajstić information content (AvgIpc) is 2.38. The van der Waals surface area contributed by atoms with Crippen LogP contribution in [0.2, 0.25) is 0 Å². The number of rotatable bonds is 3. The number of nitrogens with zero attached hydrogens (tertiary/aromatic N) is 2. The van der Waals surface area contributed by atoms with Gasteiger partial charge >= 0.3 is 6.18 Å². The Labute approximate surface area is 112 Å². The Balaban J connectivity index is 2.19. The van der Waals surface area contributed by atoms with E-state index in [2.05, 4.69) is 15.3 Å². The van der Waals surface area contributed by atoms with Crippen LogP contribution in [0.15, 0.2) is 6.07 Å². The number of nitrogens with two attached hydrogens (primary N) is 1. The topological polar surface area (TPSA) is 75.9 Å². The van der Waals surface area contributed by atoms with E-state index in [1.54, 1.807) is 11.8 Å². The molecule has 9 heteroatoms. The molecule has 0 spiro atoms. The van der Waals surface area contributed by atoms with Crippen LogP contribution in [0.25, 0.3) is 0 Å². The highest BCUT2D eigenvalue weighted by Gasteiger charge is 2.34. The van der Waals surface area contributed by atoms with E-state index in [-0.39, 0.29) is 17.8 Å². The Hall–Kier alpha value is -1.22. The van der Waals surface area contributed by atoms with Crippen LogP contribution in [0.5, 0.6) is 0 Å². The first-order chi connectivity index (χ1) is 8.99. The predicted octanol–water partition coefficient (Wildman–Crippen LogP) is 2.09. The Kier molecular flexibility index (Phi) is 4.35. The molecular formula is C10H14F3N5S. The van der Waals surface area contributed by atoms with Gasteiger partial charge in [-0.2, -0.15) is 29.9 Å². The molecule has 0 amide bonds. The van der Waals surface area contributed by atoms with Gasteiger partial charge in [0.15, 0.2) is 5.69 Å². The highest BCUT2D eigenvalue weighted by molar-refractivity contribution is 7.99. The number of hydrogen-bond donors (Lipinski definition) is 3. The molecule has 1 unspecified atom stereocenters. The first-order valence-corrected chi connectivity index (χ1v) is 6.91. The smallest absolute Gasteiger partial charge is 0.366 e. The van der Waals surface area contributed by atoms with Gasteiger partial charge in [0, 0.05) is 17.9 Å². The molecule has 4 N–H and O–H groups in total. The van der Waals surface area contributed by atoms with Crippen molar-refractivity contribution in [1.82, 2.24) is 9.97 Å². The fraction of sp³-hybridized carbons (Fsp3) is 0.600. The van der Waals surface area contributed by atoms with E-state index in [9.17, 15) is 13.2 Å². The maximum Gasteiger partial charge on any atom is 0.433 e. The highest BCUT2D eigenvalue weighted by Crippen LogP contribution is 2.30. The number of nitrogen functional groups attached to an aromatic ring is 1. The minimum atomic E-state index is -4.52. The third-order valence-corrected chi connectivity index (χ3v) is 3.87. The lowest BCUT2D eigenvalue weighted by Crippen LogP contribution is -2.27. The van der Waals surface area contributed by atoms with Crippen molar-refractivity contribution in [2.24, 2.45) is 5.84 Å². The quantitative estimate of drug-likeness (QED) is 0.585. The molecule has 5 nitrogen and oxygen atoms in total. The molecule has 1 atom stereocenters. The lowest BCUT2D eigenvalue weighted by Gasteiger charge is -2.23. The van der Waals surface area contributed by atoms with Crippen LogP contribution in [0.3, 0.4) is 0 Å². The summed E-state index contributed by atoms with van der Waals surface area (Å²) in [6.07, 6.45) is -2.56. The summed E-state index contributed by atoms with van der Waals surface area (Å²) in [5.74, 6) is 6.93. The number of anilines is 2. The minimum Gasteiger partial charge on any atom is -0.366 e. The summed E-state index contributed by atoms with van der Waals surface area (Å²) >= 11 is 1.77. The molecule has 2 rings (SSSR count). The van der Waals surface area contributed by atoms with Gasteiger partial charge in [-0.05, 0) is 18.6 Å². The lowest BCUT2D eigenvalue weighted by atomic mass is 10.2. The molecular weight excluding hydrogens is 279 g/mol. The van der Waals surface area contributed by atoms with Gasteiger partial charge in [0.05, 0.1) is 0 Å². The summed E-state index contributed by atoms with van der Waals surface area (Å²) in [5, 5.41) is 3.00. The monoisotopic (exact) mass is 293 g/mol. The van der Waals surface area contributed by atoms with Gasteiger partial charge in [0.1, 0.15) is 5.82 Å². The van der Waals surface area contributed by atoms with Crippen LogP contribution in [-0.4, -0.2) is 27.5 Å². The van der Waals surface area contributed by atoms with Crippen LogP contribution >= 0.6 is 11.8 Å². The number of hydrogen-bond acceptors (Lipinski definition) is 6. The van der Waals surface area contributed by atoms with Crippen LogP contribution < -0.4 is 16.6 Å². The van der Waals surface area contributed by atoms with Crippen LogP contribution in [0, 0.1) is 0 Å². The number of aromatic nitrogens is 2. The van der Waals surface area contributed by atoms with E-state index < -0.39 is 11.9 Å². The normalized spacial score (nSPS) is 20.1. The second kappa shape index (κ2) is 5.83. The van der Waals surface area contributed by atoms with Gasteiger partial charge in [0.25, 0.3) is 0 Å². The summed E-state index contributed by atoms with van der Waals surface area (Å²) in [4.78, 5) is 7.19. The maximum atomic E-state index is 12.7. The van der Waals surface area contributed by atoms with Crippen molar-refractivity contribution in [3.8, 4) is 0 Å². The second-order valence-electron chi connectivity index (χ2n) is 4.16. The summed E-state index contributed by atoms with van der Waals surface area (Å²) in [7, 11) is 0. The van der Waals surface area contributed by atoms with E-state index >= 15 is 0 Å². The highest BCUT2D eigenvalue weighted by atomic mass is 32.2. The zero-order valence-electron chi connectivity index (χ0n) is 10.00. The summed E-state index contributed by atoms with van der Waals surface area (Å²) in [5.41, 5.74) is 1.04. The minimum absolute atomic E-state index is 0.125. The Morgan fingerprint density at radius 2 is 2.16 bits per heavy atom. The molecule has 0 saturated carbocycles. The average molecular weight is 293 g/mol. The molecule has 2 heterocycles. The Morgan fingerprint density at radius 1 is 1.37 bits per heavy atom. The molecule has 1 aliphatic rings. The molecule has 0 radical (unpaired) electrons. The van der Waals surface area contributed by atoms with Gasteiger partial charge in [-0.3, -0.25) is 5.43 Å². The molecule has 19 heavy (non-hydrogen) atoms. The second-order valence-corrected chi connectivity index (χ2v) is 5.31. The maximum absolute atomic E-state index is 12.7. The van der Waals surface area contributed by atoms with Crippen molar-refractivity contribution in [2.45, 2.75) is 25.1 Å². The van der Waals surface area contributed by atoms with Crippen LogP contribution in [-0.2, 0) is 6.18 Å². The molecule has 1 fully saturated rings. The van der Waals surface area contributed by atoms with E-state index in [4.69, 9.17) is 5.84 Å². The SMILES string of the molecule is NNc1nc(NC2CCCSC2)cc(C(F)(F)F)n1. The van der Waals surface area contributed by atoms with Crippen molar-refractivity contribution < 1.29 is 13.2 Å². The fourth-order valence-electron chi connectivity index (χ4n) is 1.79. The molecule has 0 aromatic carbocycles. The van der Waals surface area contributed by atoms with Gasteiger partial charge in [-0.1, -0.05) is 0 Å². The van der Waals surface area contributed by atoms with Crippen LogP contribution in [0.1, 0.15) is 18.5 Å². The van der Waals surface area contributed by atoms with Crippen molar-refractivity contribution in [1.29, 1.82) is 0 Å². The van der Waals surface area contributed by atoms with Crippen LogP contribution in [0.4, 0.5) is 24.9 Å². The van der Waals surface area contributed by atoms with E-state index in [0.29, 0.717) is 0 Å². The van der Waals surface area contributed by atoms with Gasteiger partial charge in [0.2, 0.25) is 5.95 Å². The van der Waals surface area contributed by atoms with E-state index in [1.807, 2.05) is 5.43 Å². The summed E-state index contributed by atoms with van der Waals surface area (Å²) < 4.78 is 38.0. The lowest BCUT2D eigenvalue weighted by molar-refractivity contribution is -0.141. The molecule has 1 saturated heterocycles. The van der Waals surface area contributed by atoms with Crippen molar-refractivity contribution in [3.63, 3.8) is 0 Å². The van der Waals surface area contributed by atoms with E-state index in [0.717, 1.165) is 30.4 Å². The predicted molar refractivity (Wildman–Crippen MR) is 68.8 cm³/mol. The van der Waals surface area contributed by atoms with E-state index in [1.165, 1.54) is 0 Å². The van der Waals surface area contributed by atoms with Crippen molar-refractivity contribution in [3.05, 3.63) is 11.8 Å². The summed E-state index contributed by atoms with van der Waals surface area (Å²) in [6, 6.07) is 1.03. The summed E-state index contributed by atoms with van der Waals surface area (Å²) in [6.45, 7) is 0. The number of hydrazine groups is 1. The van der Waals surface area contributed by atoms with Crippen molar-refractivity contribution in [2.75, 3.05) is 22.2 Å². The fourth-order valence-corrected chi connectivity index (χ4v) is 2.87. The zero-order chi connectivity index (χ0) is 13.9. The molecule has 1 aromatic heterocycles. The molecule has 106 valence electrons. The van der Waals surface area contributed by atoms with Crippen molar-refractivity contribution >= 4 is 23.5 Å².